The Balaban J connectivity index is 2.66. The Labute approximate surface area is 63.1 Å². The van der Waals surface area contributed by atoms with Gasteiger partial charge in [-0.25, -0.2) is 4.98 Å². The molecule has 0 aromatic carbocycles. The van der Waals surface area contributed by atoms with Crippen LogP contribution in [0.2, 0.25) is 0 Å². The first-order chi connectivity index (χ1) is 5.29. The summed E-state index contributed by atoms with van der Waals surface area (Å²) >= 11 is 0. The Morgan fingerprint density at radius 3 is 3.27 bits per heavy atom. The van der Waals surface area contributed by atoms with Crippen LogP contribution < -0.4 is 15.8 Å². The molecular weight excluding hydrogens is 144 g/mol. The Kier molecular flexibility index (Phi) is 1.12. The second-order valence-electron chi connectivity index (χ2n) is 2.46. The van der Waals surface area contributed by atoms with Crippen LogP contribution >= 0.6 is 0 Å². The summed E-state index contributed by atoms with van der Waals surface area (Å²) < 4.78 is 0. The predicted octanol–water partition coefficient (Wildman–Crippen LogP) is -0.411. The highest BCUT2D eigenvalue weighted by atomic mass is 16.1. The summed E-state index contributed by atoms with van der Waals surface area (Å²) in [6.45, 7) is 0.648. The van der Waals surface area contributed by atoms with Crippen molar-refractivity contribution < 1.29 is 0 Å². The summed E-state index contributed by atoms with van der Waals surface area (Å²) in [5.41, 5.74) is 0.453. The Morgan fingerprint density at radius 2 is 2.55 bits per heavy atom. The van der Waals surface area contributed by atoms with E-state index in [4.69, 9.17) is 0 Å². The molecule has 0 saturated carbocycles. The van der Waals surface area contributed by atoms with Gasteiger partial charge in [-0.3, -0.25) is 4.79 Å². The number of hydrogen-bond acceptors (Lipinski definition) is 4. The average Bonchev–Trinajstić information content (AvgIpc) is 2.35. The second kappa shape index (κ2) is 1.98. The maximum Gasteiger partial charge on any atom is 0.276 e. The average molecular weight is 152 g/mol. The molecule has 5 nitrogen and oxygen atoms in total. The molecule has 0 aliphatic carbocycles. The highest BCUT2D eigenvalue weighted by Gasteiger charge is 2.18. The first kappa shape index (κ1) is 6.21. The topological polar surface area (TPSA) is 61.0 Å². The third kappa shape index (κ3) is 0.772. The van der Waals surface area contributed by atoms with Crippen LogP contribution in [0.15, 0.2) is 11.1 Å². The van der Waals surface area contributed by atoms with Gasteiger partial charge in [0.2, 0.25) is 0 Å². The fourth-order valence-corrected chi connectivity index (χ4v) is 1.11. The molecule has 0 spiro atoms. The van der Waals surface area contributed by atoms with Crippen LogP contribution in [0, 0.1) is 0 Å². The third-order valence-corrected chi connectivity index (χ3v) is 1.69. The summed E-state index contributed by atoms with van der Waals surface area (Å²) in [6, 6.07) is 0. The monoisotopic (exact) mass is 152 g/mol. The normalized spacial score (nSPS) is 14.5. The van der Waals surface area contributed by atoms with Crippen molar-refractivity contribution in [3.63, 3.8) is 0 Å². The highest BCUT2D eigenvalue weighted by Crippen LogP contribution is 2.21. The van der Waals surface area contributed by atoms with E-state index in [9.17, 15) is 4.79 Å². The van der Waals surface area contributed by atoms with Crippen molar-refractivity contribution in [2.75, 3.05) is 23.9 Å². The molecule has 5 heteroatoms. The lowest BCUT2D eigenvalue weighted by molar-refractivity contribution is 0.999. The molecule has 1 aliphatic rings. The van der Waals surface area contributed by atoms with Crippen LogP contribution in [0.1, 0.15) is 0 Å². The van der Waals surface area contributed by atoms with Gasteiger partial charge in [-0.15, -0.1) is 0 Å². The SMILES string of the molecule is CN1CNc2c1nc[nH]c2=O. The van der Waals surface area contributed by atoms with Crippen molar-refractivity contribution in [3.8, 4) is 0 Å². The molecule has 0 radical (unpaired) electrons. The van der Waals surface area contributed by atoms with Crippen molar-refractivity contribution in [3.05, 3.63) is 16.7 Å². The number of fused-ring (bicyclic) bond motifs is 1. The minimum Gasteiger partial charge on any atom is -0.360 e. The third-order valence-electron chi connectivity index (χ3n) is 1.69. The number of H-pyrrole nitrogens is 1. The molecule has 0 atom stereocenters. The van der Waals surface area contributed by atoms with Crippen LogP contribution in [-0.2, 0) is 0 Å². The maximum atomic E-state index is 11.1. The minimum absolute atomic E-state index is 0.112. The molecule has 0 saturated heterocycles. The number of nitrogens with one attached hydrogen (secondary N) is 2. The zero-order chi connectivity index (χ0) is 7.84. The van der Waals surface area contributed by atoms with Crippen LogP contribution in [0.5, 0.6) is 0 Å². The van der Waals surface area contributed by atoms with Gasteiger partial charge >= 0.3 is 0 Å². The summed E-state index contributed by atoms with van der Waals surface area (Å²) in [7, 11) is 1.88. The zero-order valence-electron chi connectivity index (χ0n) is 6.09. The largest absolute Gasteiger partial charge is 0.360 e. The standard InChI is InChI=1S/C6H8N4O/c1-10-3-9-4-5(10)7-2-8-6(4)11/h2,9H,3H2,1H3,(H,7,8,11). The molecule has 0 amide bonds. The van der Waals surface area contributed by atoms with E-state index in [-0.39, 0.29) is 5.56 Å². The fourth-order valence-electron chi connectivity index (χ4n) is 1.11. The molecule has 0 bridgehead atoms. The van der Waals surface area contributed by atoms with Crippen LogP contribution in [-0.4, -0.2) is 23.7 Å². The van der Waals surface area contributed by atoms with Crippen molar-refractivity contribution in [2.24, 2.45) is 0 Å². The van der Waals surface area contributed by atoms with E-state index < -0.39 is 0 Å². The Bertz CT molecular complexity index is 332. The van der Waals surface area contributed by atoms with E-state index in [0.29, 0.717) is 18.2 Å². The summed E-state index contributed by atoms with van der Waals surface area (Å²) in [5, 5.41) is 2.94. The van der Waals surface area contributed by atoms with Crippen LogP contribution in [0.25, 0.3) is 0 Å². The lowest BCUT2D eigenvalue weighted by atomic mass is 10.5. The number of aromatic amines is 1. The molecule has 1 aromatic heterocycles. The molecule has 2 rings (SSSR count). The minimum atomic E-state index is -0.112. The first-order valence-electron chi connectivity index (χ1n) is 3.32. The number of nitrogens with zero attached hydrogens (tertiary/aromatic N) is 2. The van der Waals surface area contributed by atoms with Crippen molar-refractivity contribution in [2.45, 2.75) is 0 Å². The van der Waals surface area contributed by atoms with Gasteiger partial charge in [0.05, 0.1) is 13.0 Å². The number of anilines is 2. The van der Waals surface area contributed by atoms with E-state index >= 15 is 0 Å². The lowest BCUT2D eigenvalue weighted by Gasteiger charge is -2.06. The van der Waals surface area contributed by atoms with Gasteiger partial charge in [0.25, 0.3) is 5.56 Å². The second-order valence-corrected chi connectivity index (χ2v) is 2.46. The van der Waals surface area contributed by atoms with Gasteiger partial charge in [0, 0.05) is 7.05 Å². The number of hydrogen-bond donors (Lipinski definition) is 2. The van der Waals surface area contributed by atoms with Crippen LogP contribution in [0.3, 0.4) is 0 Å². The van der Waals surface area contributed by atoms with Gasteiger partial charge in [-0.1, -0.05) is 0 Å². The molecule has 0 unspecified atom stereocenters. The van der Waals surface area contributed by atoms with Crippen molar-refractivity contribution in [1.82, 2.24) is 9.97 Å². The first-order valence-corrected chi connectivity index (χ1v) is 3.32. The van der Waals surface area contributed by atoms with E-state index in [1.54, 1.807) is 0 Å². The lowest BCUT2D eigenvalue weighted by Crippen LogP contribution is -2.16. The molecule has 11 heavy (non-hydrogen) atoms. The number of aromatic nitrogens is 2. The van der Waals surface area contributed by atoms with E-state index in [1.165, 1.54) is 6.33 Å². The highest BCUT2D eigenvalue weighted by molar-refractivity contribution is 5.68. The van der Waals surface area contributed by atoms with Gasteiger partial charge in [0.1, 0.15) is 5.69 Å². The molecule has 0 fully saturated rings. The Hall–Kier alpha value is -1.52. The molecule has 2 N–H and O–H groups in total. The van der Waals surface area contributed by atoms with Crippen molar-refractivity contribution >= 4 is 11.5 Å². The molecule has 2 heterocycles. The van der Waals surface area contributed by atoms with Gasteiger partial charge in [-0.05, 0) is 0 Å². The maximum absolute atomic E-state index is 11.1. The van der Waals surface area contributed by atoms with Crippen molar-refractivity contribution in [1.29, 1.82) is 0 Å². The smallest absolute Gasteiger partial charge is 0.276 e. The van der Waals surface area contributed by atoms with E-state index in [0.717, 1.165) is 0 Å². The fraction of sp³-hybridized carbons (Fsp3) is 0.333. The Morgan fingerprint density at radius 1 is 1.73 bits per heavy atom. The van der Waals surface area contributed by atoms with E-state index in [1.807, 2.05) is 11.9 Å². The predicted molar refractivity (Wildman–Crippen MR) is 41.8 cm³/mol. The van der Waals surface area contributed by atoms with E-state index in [2.05, 4.69) is 15.3 Å². The number of rotatable bonds is 0. The molecule has 1 aromatic rings. The zero-order valence-corrected chi connectivity index (χ0v) is 6.09. The van der Waals surface area contributed by atoms with Gasteiger partial charge in [0.15, 0.2) is 5.82 Å². The van der Waals surface area contributed by atoms with Gasteiger partial charge in [-0.2, -0.15) is 0 Å². The molecule has 1 aliphatic heterocycles. The van der Waals surface area contributed by atoms with Gasteiger partial charge < -0.3 is 15.2 Å². The quantitative estimate of drug-likeness (QED) is 0.530. The summed E-state index contributed by atoms with van der Waals surface area (Å²) in [4.78, 5) is 19.5. The summed E-state index contributed by atoms with van der Waals surface area (Å²) in [5.74, 6) is 0.716. The molecular formula is C6H8N4O. The summed E-state index contributed by atoms with van der Waals surface area (Å²) in [6.07, 6.45) is 1.41. The van der Waals surface area contributed by atoms with Crippen LogP contribution in [0.4, 0.5) is 11.5 Å². The molecule has 58 valence electrons.